The van der Waals surface area contributed by atoms with Gasteiger partial charge in [-0.2, -0.15) is 0 Å². The summed E-state index contributed by atoms with van der Waals surface area (Å²) in [5, 5.41) is 3.36. The number of carbonyl (C=O) groups is 1. The highest BCUT2D eigenvalue weighted by atomic mass is 35.5. The monoisotopic (exact) mass is 394 g/mol. The van der Waals surface area contributed by atoms with E-state index in [-0.39, 0.29) is 10.8 Å². The first-order chi connectivity index (χ1) is 12.3. The summed E-state index contributed by atoms with van der Waals surface area (Å²) in [7, 11) is -3.56. The van der Waals surface area contributed by atoms with Gasteiger partial charge in [-0.25, -0.2) is 13.1 Å². The minimum absolute atomic E-state index is 0.143. The standard InChI is InChI=1S/C19H23ClN2O3S/c1-14(2)11-12-22-26(24,25)17-9-7-15(8-10-17)19(23)21-13-16-5-3-4-6-18(16)20/h3-10,14,22H,11-13H2,1-2H3,(H,21,23). The fourth-order valence-electron chi connectivity index (χ4n) is 2.27. The van der Waals surface area contributed by atoms with Crippen LogP contribution in [-0.2, 0) is 16.6 Å². The molecule has 0 spiro atoms. The Morgan fingerprint density at radius 3 is 2.35 bits per heavy atom. The van der Waals surface area contributed by atoms with E-state index in [9.17, 15) is 13.2 Å². The average molecular weight is 395 g/mol. The zero-order valence-corrected chi connectivity index (χ0v) is 16.4. The van der Waals surface area contributed by atoms with Crippen LogP contribution in [0, 0.1) is 5.92 Å². The van der Waals surface area contributed by atoms with Crippen molar-refractivity contribution in [3.8, 4) is 0 Å². The summed E-state index contributed by atoms with van der Waals surface area (Å²) >= 11 is 6.06. The van der Waals surface area contributed by atoms with Gasteiger partial charge in [0, 0.05) is 23.7 Å². The molecule has 0 aliphatic carbocycles. The van der Waals surface area contributed by atoms with E-state index < -0.39 is 10.0 Å². The molecule has 7 heteroatoms. The lowest BCUT2D eigenvalue weighted by molar-refractivity contribution is 0.0951. The normalized spacial score (nSPS) is 11.5. The van der Waals surface area contributed by atoms with E-state index >= 15 is 0 Å². The van der Waals surface area contributed by atoms with Crippen molar-refractivity contribution in [2.45, 2.75) is 31.7 Å². The second-order valence-electron chi connectivity index (χ2n) is 6.38. The first-order valence-corrected chi connectivity index (χ1v) is 10.3. The highest BCUT2D eigenvalue weighted by Crippen LogP contribution is 2.15. The molecule has 2 rings (SSSR count). The van der Waals surface area contributed by atoms with Gasteiger partial charge in [-0.05, 0) is 48.2 Å². The molecule has 0 heterocycles. The van der Waals surface area contributed by atoms with E-state index in [0.29, 0.717) is 29.6 Å². The number of carbonyl (C=O) groups excluding carboxylic acids is 1. The maximum atomic E-state index is 12.2. The molecule has 0 bridgehead atoms. The van der Waals surface area contributed by atoms with Crippen LogP contribution in [0.5, 0.6) is 0 Å². The minimum Gasteiger partial charge on any atom is -0.348 e. The second-order valence-corrected chi connectivity index (χ2v) is 8.55. The Morgan fingerprint density at radius 1 is 1.08 bits per heavy atom. The quantitative estimate of drug-likeness (QED) is 0.718. The molecule has 0 aliphatic rings. The molecule has 5 nitrogen and oxygen atoms in total. The fourth-order valence-corrected chi connectivity index (χ4v) is 3.52. The molecule has 0 aromatic heterocycles. The van der Waals surface area contributed by atoms with Gasteiger partial charge in [0.05, 0.1) is 4.90 Å². The van der Waals surface area contributed by atoms with Gasteiger partial charge in [0.2, 0.25) is 10.0 Å². The zero-order chi connectivity index (χ0) is 19.2. The maximum Gasteiger partial charge on any atom is 0.251 e. The largest absolute Gasteiger partial charge is 0.348 e. The van der Waals surface area contributed by atoms with Gasteiger partial charge in [0.15, 0.2) is 0 Å². The molecule has 0 fully saturated rings. The van der Waals surface area contributed by atoms with Crippen molar-refractivity contribution in [1.82, 2.24) is 10.0 Å². The number of hydrogen-bond acceptors (Lipinski definition) is 3. The molecule has 2 N–H and O–H groups in total. The van der Waals surface area contributed by atoms with E-state index in [1.807, 2.05) is 32.0 Å². The van der Waals surface area contributed by atoms with Crippen LogP contribution >= 0.6 is 11.6 Å². The lowest BCUT2D eigenvalue weighted by Crippen LogP contribution is -2.26. The molecule has 140 valence electrons. The van der Waals surface area contributed by atoms with Gasteiger partial charge in [0.25, 0.3) is 5.91 Å². The van der Waals surface area contributed by atoms with Crippen molar-refractivity contribution in [2.24, 2.45) is 5.92 Å². The molecule has 2 aromatic carbocycles. The highest BCUT2D eigenvalue weighted by molar-refractivity contribution is 7.89. The SMILES string of the molecule is CC(C)CCNS(=O)(=O)c1ccc(C(=O)NCc2ccccc2Cl)cc1. The first-order valence-electron chi connectivity index (χ1n) is 8.41. The molecule has 2 aromatic rings. The van der Waals surface area contributed by atoms with Crippen LogP contribution in [0.15, 0.2) is 53.4 Å². The Morgan fingerprint density at radius 2 is 1.73 bits per heavy atom. The molecular weight excluding hydrogens is 372 g/mol. The Hall–Kier alpha value is -1.89. The number of halogens is 1. The van der Waals surface area contributed by atoms with Crippen LogP contribution < -0.4 is 10.0 Å². The third-order valence-corrected chi connectivity index (χ3v) is 5.68. The van der Waals surface area contributed by atoms with Crippen molar-refractivity contribution in [2.75, 3.05) is 6.54 Å². The zero-order valence-electron chi connectivity index (χ0n) is 14.8. The number of rotatable bonds is 8. The van der Waals surface area contributed by atoms with Gasteiger partial charge >= 0.3 is 0 Å². The predicted octanol–water partition coefficient (Wildman–Crippen LogP) is 3.59. The van der Waals surface area contributed by atoms with Crippen LogP contribution in [-0.4, -0.2) is 20.9 Å². The van der Waals surface area contributed by atoms with Crippen LogP contribution in [0.25, 0.3) is 0 Å². The van der Waals surface area contributed by atoms with Gasteiger partial charge < -0.3 is 5.32 Å². The predicted molar refractivity (Wildman–Crippen MR) is 104 cm³/mol. The second kappa shape index (κ2) is 9.16. The van der Waals surface area contributed by atoms with E-state index in [2.05, 4.69) is 10.0 Å². The molecule has 0 radical (unpaired) electrons. The molecule has 0 atom stereocenters. The molecule has 26 heavy (non-hydrogen) atoms. The Balaban J connectivity index is 1.97. The van der Waals surface area contributed by atoms with Crippen molar-refractivity contribution in [3.63, 3.8) is 0 Å². The highest BCUT2D eigenvalue weighted by Gasteiger charge is 2.15. The smallest absolute Gasteiger partial charge is 0.251 e. The summed E-state index contributed by atoms with van der Waals surface area (Å²) in [5.41, 5.74) is 1.20. The third-order valence-electron chi connectivity index (χ3n) is 3.84. The summed E-state index contributed by atoms with van der Waals surface area (Å²) in [5.74, 6) is 0.128. The van der Waals surface area contributed by atoms with Crippen molar-refractivity contribution in [1.29, 1.82) is 0 Å². The Bertz CT molecular complexity index is 849. The van der Waals surface area contributed by atoms with Crippen LogP contribution in [0.4, 0.5) is 0 Å². The van der Waals surface area contributed by atoms with Crippen molar-refractivity contribution < 1.29 is 13.2 Å². The van der Waals surface area contributed by atoms with Crippen molar-refractivity contribution in [3.05, 3.63) is 64.7 Å². The average Bonchev–Trinajstić information content (AvgIpc) is 2.60. The molecule has 0 saturated carbocycles. The molecule has 1 amide bonds. The number of amides is 1. The fraction of sp³-hybridized carbons (Fsp3) is 0.316. The summed E-state index contributed by atoms with van der Waals surface area (Å²) in [6, 6.07) is 13.1. The summed E-state index contributed by atoms with van der Waals surface area (Å²) in [4.78, 5) is 12.4. The van der Waals surface area contributed by atoms with E-state index in [0.717, 1.165) is 12.0 Å². The third kappa shape index (κ3) is 5.83. The molecule has 0 unspecified atom stereocenters. The van der Waals surface area contributed by atoms with E-state index in [1.54, 1.807) is 6.07 Å². The van der Waals surface area contributed by atoms with E-state index in [1.165, 1.54) is 24.3 Å². The summed E-state index contributed by atoms with van der Waals surface area (Å²) in [6.45, 7) is 4.75. The lowest BCUT2D eigenvalue weighted by atomic mass is 10.1. The molecular formula is C19H23ClN2O3S. The van der Waals surface area contributed by atoms with Crippen LogP contribution in [0.2, 0.25) is 5.02 Å². The van der Waals surface area contributed by atoms with Crippen LogP contribution in [0.3, 0.4) is 0 Å². The maximum absolute atomic E-state index is 12.2. The van der Waals surface area contributed by atoms with Gasteiger partial charge in [-0.15, -0.1) is 0 Å². The van der Waals surface area contributed by atoms with Gasteiger partial charge in [-0.1, -0.05) is 43.6 Å². The summed E-state index contributed by atoms with van der Waals surface area (Å²) < 4.78 is 27.0. The van der Waals surface area contributed by atoms with Crippen LogP contribution in [0.1, 0.15) is 36.2 Å². The number of benzene rings is 2. The van der Waals surface area contributed by atoms with Gasteiger partial charge in [0.1, 0.15) is 0 Å². The summed E-state index contributed by atoms with van der Waals surface area (Å²) in [6.07, 6.45) is 0.766. The first kappa shape index (κ1) is 20.4. The number of hydrogen-bond donors (Lipinski definition) is 2. The number of sulfonamides is 1. The van der Waals surface area contributed by atoms with Crippen molar-refractivity contribution >= 4 is 27.5 Å². The Kier molecular flexibility index (Phi) is 7.20. The molecule has 0 aliphatic heterocycles. The number of nitrogens with one attached hydrogen (secondary N) is 2. The van der Waals surface area contributed by atoms with E-state index in [4.69, 9.17) is 11.6 Å². The Labute approximate surface area is 159 Å². The minimum atomic E-state index is -3.56. The lowest BCUT2D eigenvalue weighted by Gasteiger charge is -2.10. The molecule has 0 saturated heterocycles. The van der Waals surface area contributed by atoms with Gasteiger partial charge in [-0.3, -0.25) is 4.79 Å². The topological polar surface area (TPSA) is 75.3 Å².